The Morgan fingerprint density at radius 2 is 1.85 bits per heavy atom. The van der Waals surface area contributed by atoms with E-state index in [1.807, 2.05) is 48.7 Å². The first-order chi connectivity index (χ1) is 16.1. The molecule has 0 bridgehead atoms. The predicted octanol–water partition coefficient (Wildman–Crippen LogP) is 5.03. The largest absolute Gasteiger partial charge is 0.437 e. The van der Waals surface area contributed by atoms with E-state index < -0.39 is 0 Å². The van der Waals surface area contributed by atoms with E-state index in [9.17, 15) is 4.79 Å². The zero-order chi connectivity index (χ0) is 23.0. The fraction of sp³-hybridized carbons (Fsp3) is 0.308. The smallest absolute Gasteiger partial charge is 0.266 e. The van der Waals surface area contributed by atoms with Crippen LogP contribution in [0.1, 0.15) is 24.8 Å². The van der Waals surface area contributed by atoms with Gasteiger partial charge in [-0.15, -0.1) is 0 Å². The van der Waals surface area contributed by atoms with Crippen LogP contribution in [0.25, 0.3) is 33.6 Å². The van der Waals surface area contributed by atoms with Gasteiger partial charge in [0.05, 0.1) is 13.2 Å². The highest BCUT2D eigenvalue weighted by Gasteiger charge is 2.34. The number of fused-ring (bicyclic) bond motifs is 1. The van der Waals surface area contributed by atoms with Crippen LogP contribution in [-0.2, 0) is 16.8 Å². The molecule has 0 unspecified atom stereocenters. The molecule has 170 valence electrons. The van der Waals surface area contributed by atoms with Gasteiger partial charge in [0.1, 0.15) is 11.1 Å². The molecule has 2 aromatic carbocycles. The second kappa shape index (κ2) is 8.82. The van der Waals surface area contributed by atoms with Crippen LogP contribution in [0.15, 0.2) is 69.0 Å². The Balaban J connectivity index is 1.73. The van der Waals surface area contributed by atoms with E-state index in [-0.39, 0.29) is 11.1 Å². The van der Waals surface area contributed by atoms with Crippen molar-refractivity contribution >= 4 is 22.9 Å². The summed E-state index contributed by atoms with van der Waals surface area (Å²) in [7, 11) is 1.62. The van der Waals surface area contributed by atoms with Crippen molar-refractivity contribution in [3.8, 4) is 22.5 Å². The Kier molecular flexibility index (Phi) is 5.86. The van der Waals surface area contributed by atoms with Crippen LogP contribution in [0.3, 0.4) is 0 Å². The van der Waals surface area contributed by atoms with Gasteiger partial charge in [0.2, 0.25) is 5.71 Å². The molecule has 0 spiro atoms. The summed E-state index contributed by atoms with van der Waals surface area (Å²) in [5.74, 6) is 0.642. The van der Waals surface area contributed by atoms with Gasteiger partial charge in [-0.05, 0) is 36.6 Å². The van der Waals surface area contributed by atoms with Gasteiger partial charge < -0.3 is 14.9 Å². The maximum absolute atomic E-state index is 13.7. The molecule has 1 aliphatic rings. The maximum atomic E-state index is 13.7. The minimum atomic E-state index is -0.224. The molecule has 0 atom stereocenters. The molecule has 1 fully saturated rings. The predicted molar refractivity (Wildman–Crippen MR) is 133 cm³/mol. The van der Waals surface area contributed by atoms with Crippen molar-refractivity contribution in [1.82, 2.24) is 9.55 Å². The Labute approximate surface area is 196 Å². The van der Waals surface area contributed by atoms with Crippen LogP contribution in [-0.4, -0.2) is 29.5 Å². The number of nitrogens with two attached hydrogens (primary N) is 1. The van der Waals surface area contributed by atoms with E-state index in [1.54, 1.807) is 11.7 Å². The number of aromatic nitrogens is 2. The summed E-state index contributed by atoms with van der Waals surface area (Å²) in [5, 5.41) is 1.10. The fourth-order valence-corrected chi connectivity index (χ4v) is 5.05. The van der Waals surface area contributed by atoms with E-state index in [2.05, 4.69) is 12.1 Å². The van der Waals surface area contributed by atoms with Gasteiger partial charge in [0.15, 0.2) is 5.16 Å². The standard InChI is InChI=1S/C26H27N3O3S/c1-31-16-15-29-24(30)21-20(17-7-4-3-5-8-17)22(32-23(21)28-25(29)33-2)18-9-11-19(12-10-18)26(27)13-6-14-26/h3-5,7-12H,6,13-16,27H2,1-2H3. The molecular formula is C26H27N3O3S. The SMILES string of the molecule is COCCn1c(SC)nc2oc(-c3ccc(C4(N)CCC4)cc3)c(-c3ccccc3)c2c1=O. The molecule has 2 N–H and O–H groups in total. The first-order valence-electron chi connectivity index (χ1n) is 11.1. The molecule has 6 nitrogen and oxygen atoms in total. The van der Waals surface area contributed by atoms with Gasteiger partial charge in [0, 0.05) is 23.8 Å². The van der Waals surface area contributed by atoms with Crippen LogP contribution < -0.4 is 11.3 Å². The molecule has 4 aromatic rings. The van der Waals surface area contributed by atoms with Crippen molar-refractivity contribution in [2.75, 3.05) is 20.0 Å². The summed E-state index contributed by atoms with van der Waals surface area (Å²) in [6.45, 7) is 0.852. The lowest BCUT2D eigenvalue weighted by Crippen LogP contribution is -2.43. The van der Waals surface area contributed by atoms with E-state index in [4.69, 9.17) is 19.9 Å². The number of rotatable bonds is 7. The van der Waals surface area contributed by atoms with Crippen molar-refractivity contribution < 1.29 is 9.15 Å². The molecule has 2 heterocycles. The van der Waals surface area contributed by atoms with E-state index in [0.717, 1.165) is 35.1 Å². The highest BCUT2D eigenvalue weighted by Crippen LogP contribution is 2.42. The second-order valence-corrected chi connectivity index (χ2v) is 9.26. The third kappa shape index (κ3) is 3.80. The lowest BCUT2D eigenvalue weighted by molar-refractivity contribution is 0.183. The van der Waals surface area contributed by atoms with Crippen LogP contribution >= 0.6 is 11.8 Å². The van der Waals surface area contributed by atoms with Crippen molar-refractivity contribution in [1.29, 1.82) is 0 Å². The summed E-state index contributed by atoms with van der Waals surface area (Å²) >= 11 is 1.42. The lowest BCUT2D eigenvalue weighted by Gasteiger charge is -2.38. The minimum Gasteiger partial charge on any atom is -0.437 e. The van der Waals surface area contributed by atoms with Gasteiger partial charge in [-0.25, -0.2) is 0 Å². The number of nitrogens with zero attached hydrogens (tertiary/aromatic N) is 2. The molecule has 7 heteroatoms. The zero-order valence-electron chi connectivity index (χ0n) is 18.8. The number of thioether (sulfide) groups is 1. The quantitative estimate of drug-likeness (QED) is 0.307. The third-order valence-electron chi connectivity index (χ3n) is 6.51. The molecule has 0 radical (unpaired) electrons. The molecule has 1 aliphatic carbocycles. The summed E-state index contributed by atoms with van der Waals surface area (Å²) < 4.78 is 13.2. The minimum absolute atomic E-state index is 0.123. The average Bonchev–Trinajstić information content (AvgIpc) is 3.22. The summed E-state index contributed by atoms with van der Waals surface area (Å²) in [4.78, 5) is 18.4. The van der Waals surface area contributed by atoms with Crippen molar-refractivity contribution in [2.45, 2.75) is 36.5 Å². The van der Waals surface area contributed by atoms with E-state index in [1.165, 1.54) is 18.2 Å². The van der Waals surface area contributed by atoms with Gasteiger partial charge in [-0.3, -0.25) is 9.36 Å². The second-order valence-electron chi connectivity index (χ2n) is 8.49. The first-order valence-corrected chi connectivity index (χ1v) is 12.3. The van der Waals surface area contributed by atoms with Gasteiger partial charge in [-0.2, -0.15) is 4.98 Å². The van der Waals surface area contributed by atoms with Crippen molar-refractivity contribution in [3.05, 3.63) is 70.5 Å². The Hall–Kier alpha value is -2.87. The Morgan fingerprint density at radius 3 is 2.45 bits per heavy atom. The lowest BCUT2D eigenvalue weighted by atomic mass is 9.72. The monoisotopic (exact) mass is 461 g/mol. The highest BCUT2D eigenvalue weighted by atomic mass is 32.2. The maximum Gasteiger partial charge on any atom is 0.266 e. The van der Waals surface area contributed by atoms with Crippen LogP contribution in [0, 0.1) is 0 Å². The van der Waals surface area contributed by atoms with Crippen molar-refractivity contribution in [2.24, 2.45) is 5.73 Å². The number of furan rings is 1. The van der Waals surface area contributed by atoms with Crippen LogP contribution in [0.2, 0.25) is 0 Å². The average molecular weight is 462 g/mol. The highest BCUT2D eigenvalue weighted by molar-refractivity contribution is 7.98. The van der Waals surface area contributed by atoms with Gasteiger partial charge in [-0.1, -0.05) is 66.4 Å². The molecule has 0 amide bonds. The molecule has 2 aromatic heterocycles. The first kappa shape index (κ1) is 21.9. The molecule has 0 aliphatic heterocycles. The van der Waals surface area contributed by atoms with Gasteiger partial charge in [0.25, 0.3) is 5.56 Å². The van der Waals surface area contributed by atoms with Crippen LogP contribution in [0.4, 0.5) is 0 Å². The molecule has 0 saturated heterocycles. The molecule has 5 rings (SSSR count). The number of ether oxygens (including phenoxy) is 1. The Morgan fingerprint density at radius 1 is 1.12 bits per heavy atom. The van der Waals surface area contributed by atoms with Crippen molar-refractivity contribution in [3.63, 3.8) is 0 Å². The summed E-state index contributed by atoms with van der Waals surface area (Å²) in [6, 6.07) is 18.1. The zero-order valence-corrected chi connectivity index (χ0v) is 19.7. The van der Waals surface area contributed by atoms with E-state index in [0.29, 0.717) is 35.2 Å². The molecular weight excluding hydrogens is 434 g/mol. The number of hydrogen-bond donors (Lipinski definition) is 1. The number of benzene rings is 2. The molecule has 1 saturated carbocycles. The summed E-state index contributed by atoms with van der Waals surface area (Å²) in [6.07, 6.45) is 5.09. The Bertz CT molecular complexity index is 1340. The molecule has 33 heavy (non-hydrogen) atoms. The van der Waals surface area contributed by atoms with E-state index >= 15 is 0 Å². The third-order valence-corrected chi connectivity index (χ3v) is 7.19. The summed E-state index contributed by atoms with van der Waals surface area (Å²) in [5.41, 5.74) is 10.2. The fourth-order valence-electron chi connectivity index (χ4n) is 4.48. The van der Waals surface area contributed by atoms with Crippen LogP contribution in [0.5, 0.6) is 0 Å². The normalized spacial score (nSPS) is 15.0. The number of methoxy groups -OCH3 is 1. The number of hydrogen-bond acceptors (Lipinski definition) is 6. The topological polar surface area (TPSA) is 83.3 Å². The van der Waals surface area contributed by atoms with Gasteiger partial charge >= 0.3 is 0 Å².